The summed E-state index contributed by atoms with van der Waals surface area (Å²) in [5, 5.41) is 2.97. The van der Waals surface area contributed by atoms with Crippen LogP contribution in [0, 0.1) is 6.92 Å². The fourth-order valence-electron chi connectivity index (χ4n) is 2.00. The van der Waals surface area contributed by atoms with Crippen LogP contribution in [0.1, 0.15) is 66.1 Å². The van der Waals surface area contributed by atoms with Crippen molar-refractivity contribution >= 4 is 45.8 Å². The van der Waals surface area contributed by atoms with Gasteiger partial charge < -0.3 is 14.8 Å². The first kappa shape index (κ1) is 21.4. The second-order valence-electron chi connectivity index (χ2n) is 6.01. The molecule has 1 aromatic rings. The minimum absolute atomic E-state index is 0.189. The predicted molar refractivity (Wildman–Crippen MR) is 98.7 cm³/mol. The highest BCUT2D eigenvalue weighted by Crippen LogP contribution is 2.34. The summed E-state index contributed by atoms with van der Waals surface area (Å²) in [5.74, 6) is -1.02. The van der Waals surface area contributed by atoms with Crippen LogP contribution < -0.4 is 5.32 Å². The number of esters is 2. The molecule has 1 amide bonds. The first-order valence-corrected chi connectivity index (χ1v) is 9.43. The van der Waals surface area contributed by atoms with Gasteiger partial charge in [-0.05, 0) is 46.6 Å². The number of hydrogen-bond donors (Lipinski definition) is 1. The minimum Gasteiger partial charge on any atom is -0.459 e. The second-order valence-corrected chi connectivity index (χ2v) is 7.41. The van der Waals surface area contributed by atoms with E-state index in [9.17, 15) is 14.4 Å². The van der Waals surface area contributed by atoms with Crippen LogP contribution in [0.2, 0.25) is 0 Å². The average molecular weight is 390 g/mol. The fourth-order valence-corrected chi connectivity index (χ4v) is 3.23. The topological polar surface area (TPSA) is 81.7 Å². The van der Waals surface area contributed by atoms with E-state index in [0.29, 0.717) is 22.9 Å². The van der Waals surface area contributed by atoms with Crippen molar-refractivity contribution in [3.8, 4) is 0 Å². The van der Waals surface area contributed by atoms with Gasteiger partial charge in [-0.3, -0.25) is 4.79 Å². The Bertz CT molecular complexity index is 639. The summed E-state index contributed by atoms with van der Waals surface area (Å²) in [7, 11) is 0. The van der Waals surface area contributed by atoms with Crippen molar-refractivity contribution < 1.29 is 23.9 Å². The van der Waals surface area contributed by atoms with E-state index in [1.165, 1.54) is 0 Å². The van der Waals surface area contributed by atoms with Crippen LogP contribution in [-0.4, -0.2) is 35.9 Å². The summed E-state index contributed by atoms with van der Waals surface area (Å²) in [4.78, 5) is 36.9. The number of anilines is 1. The maximum Gasteiger partial charge on any atom is 0.348 e. The highest BCUT2D eigenvalue weighted by atomic mass is 35.5. The Labute approximate surface area is 156 Å². The van der Waals surface area contributed by atoms with E-state index in [-0.39, 0.29) is 35.0 Å². The zero-order chi connectivity index (χ0) is 19.1. The normalized spacial score (nSPS) is 10.9. The average Bonchev–Trinajstić information content (AvgIpc) is 2.80. The Morgan fingerprint density at radius 3 is 2.16 bits per heavy atom. The van der Waals surface area contributed by atoms with Gasteiger partial charge in [-0.1, -0.05) is 0 Å². The SMILES string of the molecule is Cc1c(C(=O)OC(C)C)sc(NC(=O)CCCCl)c1C(=O)OC(C)C. The highest BCUT2D eigenvalue weighted by Gasteiger charge is 2.28. The van der Waals surface area contributed by atoms with Crippen molar-refractivity contribution in [1.82, 2.24) is 0 Å². The molecule has 8 heteroatoms. The first-order valence-electron chi connectivity index (χ1n) is 8.08. The maximum atomic E-state index is 12.4. The summed E-state index contributed by atoms with van der Waals surface area (Å²) in [6.45, 7) is 8.57. The number of hydrogen-bond acceptors (Lipinski definition) is 6. The van der Waals surface area contributed by atoms with Crippen molar-refractivity contribution in [2.24, 2.45) is 0 Å². The number of thiophene rings is 1. The summed E-state index contributed by atoms with van der Waals surface area (Å²) in [6, 6.07) is 0. The van der Waals surface area contributed by atoms with E-state index in [4.69, 9.17) is 21.1 Å². The predicted octanol–water partition coefficient (Wildman–Crippen LogP) is 4.14. The molecule has 0 aliphatic carbocycles. The molecule has 0 aromatic carbocycles. The Morgan fingerprint density at radius 1 is 1.08 bits per heavy atom. The molecule has 1 heterocycles. The van der Waals surface area contributed by atoms with Crippen LogP contribution in [0.4, 0.5) is 5.00 Å². The molecular formula is C17H24ClNO5S. The molecule has 0 aliphatic rings. The summed E-state index contributed by atoms with van der Waals surface area (Å²) in [6.07, 6.45) is 0.135. The van der Waals surface area contributed by atoms with Gasteiger partial charge >= 0.3 is 11.9 Å². The lowest BCUT2D eigenvalue weighted by Crippen LogP contribution is -2.17. The Kier molecular flexibility index (Phi) is 8.38. The summed E-state index contributed by atoms with van der Waals surface area (Å²) >= 11 is 6.61. The fraction of sp³-hybridized carbons (Fsp3) is 0.588. The number of halogens is 1. The molecule has 1 aromatic heterocycles. The van der Waals surface area contributed by atoms with E-state index in [0.717, 1.165) is 11.3 Å². The third kappa shape index (κ3) is 6.32. The smallest absolute Gasteiger partial charge is 0.348 e. The molecule has 0 saturated heterocycles. The van der Waals surface area contributed by atoms with Crippen LogP contribution in [0.3, 0.4) is 0 Å². The molecule has 0 fully saturated rings. The summed E-state index contributed by atoms with van der Waals surface area (Å²) < 4.78 is 10.4. The van der Waals surface area contributed by atoms with Crippen LogP contribution in [0.5, 0.6) is 0 Å². The first-order chi connectivity index (χ1) is 11.7. The quantitative estimate of drug-likeness (QED) is 0.533. The lowest BCUT2D eigenvalue weighted by molar-refractivity contribution is -0.116. The molecule has 1 N–H and O–H groups in total. The van der Waals surface area contributed by atoms with Gasteiger partial charge in [0.2, 0.25) is 5.91 Å². The molecule has 140 valence electrons. The van der Waals surface area contributed by atoms with E-state index in [2.05, 4.69) is 5.32 Å². The lowest BCUT2D eigenvalue weighted by atomic mass is 10.1. The number of carbonyl (C=O) groups is 3. The largest absolute Gasteiger partial charge is 0.459 e. The van der Waals surface area contributed by atoms with Crippen molar-refractivity contribution in [3.05, 3.63) is 16.0 Å². The molecule has 1 rings (SSSR count). The molecule has 0 spiro atoms. The van der Waals surface area contributed by atoms with Gasteiger partial charge in [-0.2, -0.15) is 0 Å². The second kappa shape index (κ2) is 9.77. The number of carbonyl (C=O) groups excluding carboxylic acids is 3. The number of amides is 1. The van der Waals surface area contributed by atoms with Gasteiger partial charge in [0.15, 0.2) is 0 Å². The van der Waals surface area contributed by atoms with Crippen molar-refractivity contribution in [2.75, 3.05) is 11.2 Å². The zero-order valence-corrected chi connectivity index (χ0v) is 16.7. The minimum atomic E-state index is -0.583. The molecule has 25 heavy (non-hydrogen) atoms. The number of rotatable bonds is 8. The van der Waals surface area contributed by atoms with Crippen LogP contribution >= 0.6 is 22.9 Å². The molecule has 6 nitrogen and oxygen atoms in total. The zero-order valence-electron chi connectivity index (χ0n) is 15.1. The van der Waals surface area contributed by atoms with Crippen molar-refractivity contribution in [1.29, 1.82) is 0 Å². The Morgan fingerprint density at radius 2 is 1.64 bits per heavy atom. The number of alkyl halides is 1. The van der Waals surface area contributed by atoms with Gasteiger partial charge in [0.25, 0.3) is 0 Å². The highest BCUT2D eigenvalue weighted by molar-refractivity contribution is 7.18. The van der Waals surface area contributed by atoms with Gasteiger partial charge in [-0.25, -0.2) is 9.59 Å². The van der Waals surface area contributed by atoms with Crippen LogP contribution in [-0.2, 0) is 14.3 Å². The summed E-state index contributed by atoms with van der Waals surface area (Å²) in [5.41, 5.74) is 0.627. The molecule has 0 aliphatic heterocycles. The van der Waals surface area contributed by atoms with Crippen LogP contribution in [0.15, 0.2) is 0 Å². The molecule has 0 atom stereocenters. The Balaban J connectivity index is 3.20. The van der Waals surface area contributed by atoms with Crippen molar-refractivity contribution in [3.63, 3.8) is 0 Å². The third-order valence-corrected chi connectivity index (χ3v) is 4.47. The molecular weight excluding hydrogens is 366 g/mol. The number of ether oxygens (including phenoxy) is 2. The van der Waals surface area contributed by atoms with E-state index in [1.54, 1.807) is 34.6 Å². The van der Waals surface area contributed by atoms with E-state index in [1.807, 2.05) is 0 Å². The Hall–Kier alpha value is -1.60. The lowest BCUT2D eigenvalue weighted by Gasteiger charge is -2.10. The molecule has 0 unspecified atom stereocenters. The van der Waals surface area contributed by atoms with Gasteiger partial charge in [0, 0.05) is 12.3 Å². The van der Waals surface area contributed by atoms with Gasteiger partial charge in [0.05, 0.1) is 17.8 Å². The van der Waals surface area contributed by atoms with Gasteiger partial charge in [0.1, 0.15) is 9.88 Å². The van der Waals surface area contributed by atoms with Gasteiger partial charge in [-0.15, -0.1) is 22.9 Å². The standard InChI is InChI=1S/C17H24ClNO5S/c1-9(2)23-16(21)13-11(5)14(17(22)24-10(3)4)25-15(13)19-12(20)7-6-8-18/h9-10H,6-8H2,1-5H3,(H,19,20). The molecule has 0 radical (unpaired) electrons. The monoisotopic (exact) mass is 389 g/mol. The molecule has 0 saturated carbocycles. The van der Waals surface area contributed by atoms with Crippen molar-refractivity contribution in [2.45, 2.75) is 59.7 Å². The maximum absolute atomic E-state index is 12.4. The van der Waals surface area contributed by atoms with Crippen LogP contribution in [0.25, 0.3) is 0 Å². The third-order valence-electron chi connectivity index (χ3n) is 3.01. The van der Waals surface area contributed by atoms with E-state index >= 15 is 0 Å². The van der Waals surface area contributed by atoms with E-state index < -0.39 is 11.9 Å². The number of nitrogens with one attached hydrogen (secondary N) is 1. The molecule has 0 bridgehead atoms.